The maximum absolute atomic E-state index is 4.84. The molecule has 37 valence electrons. The van der Waals surface area contributed by atoms with E-state index in [2.05, 4.69) is 24.2 Å². The molecule has 0 bridgehead atoms. The minimum atomic E-state index is 0.679. The third-order valence-corrected chi connectivity index (χ3v) is 1.00. The molecule has 0 aromatic heterocycles. The number of hydrogen-bond acceptors (Lipinski definition) is 2. The van der Waals surface area contributed by atoms with Gasteiger partial charge in [0.1, 0.15) is 0 Å². The minimum absolute atomic E-state index is 0.679. The molecule has 3 heteroatoms. The SMILES string of the molecule is [Pd][C]1=NCCO1. The van der Waals surface area contributed by atoms with Crippen molar-refractivity contribution in [1.29, 1.82) is 0 Å². The van der Waals surface area contributed by atoms with E-state index >= 15 is 0 Å². The van der Waals surface area contributed by atoms with Gasteiger partial charge >= 0.3 is 46.5 Å². The van der Waals surface area contributed by atoms with Gasteiger partial charge in [0, 0.05) is 0 Å². The van der Waals surface area contributed by atoms with Gasteiger partial charge in [0.05, 0.1) is 0 Å². The van der Waals surface area contributed by atoms with E-state index in [0.717, 1.165) is 13.2 Å². The van der Waals surface area contributed by atoms with Crippen LogP contribution in [0.3, 0.4) is 0 Å². The summed E-state index contributed by atoms with van der Waals surface area (Å²) in [6.07, 6.45) is 0. The van der Waals surface area contributed by atoms with Crippen molar-refractivity contribution in [1.82, 2.24) is 0 Å². The van der Waals surface area contributed by atoms with Crippen molar-refractivity contribution in [2.24, 2.45) is 4.99 Å². The summed E-state index contributed by atoms with van der Waals surface area (Å²) in [5, 5.41) is 0. The van der Waals surface area contributed by atoms with E-state index in [0.29, 0.717) is 4.37 Å². The number of ether oxygens (including phenoxy) is 1. The molecule has 0 aliphatic carbocycles. The van der Waals surface area contributed by atoms with E-state index in [9.17, 15) is 0 Å². The Hall–Kier alpha value is 0.132. The van der Waals surface area contributed by atoms with Gasteiger partial charge < -0.3 is 0 Å². The normalized spacial score (nSPS) is 20.0. The molecule has 0 N–H and O–H groups in total. The average molecular weight is 176 g/mol. The van der Waals surface area contributed by atoms with Crippen LogP contribution in [-0.2, 0) is 23.9 Å². The van der Waals surface area contributed by atoms with Crippen molar-refractivity contribution >= 4 is 4.37 Å². The fraction of sp³-hybridized carbons (Fsp3) is 0.667. The Bertz CT molecular complexity index is 80.9. The molecule has 0 unspecified atom stereocenters. The molecule has 1 heterocycles. The van der Waals surface area contributed by atoms with Gasteiger partial charge in [-0.05, 0) is 0 Å². The molecule has 2 nitrogen and oxygen atoms in total. The van der Waals surface area contributed by atoms with E-state index in [1.807, 2.05) is 0 Å². The van der Waals surface area contributed by atoms with Gasteiger partial charge in [0.15, 0.2) is 0 Å². The van der Waals surface area contributed by atoms with Crippen LogP contribution >= 0.6 is 0 Å². The van der Waals surface area contributed by atoms with E-state index < -0.39 is 0 Å². The molecule has 0 saturated carbocycles. The first-order chi connectivity index (χ1) is 2.89. The molecule has 0 radical (unpaired) electrons. The van der Waals surface area contributed by atoms with Crippen LogP contribution in [0, 0.1) is 0 Å². The first-order valence-electron chi connectivity index (χ1n) is 1.69. The molecule has 0 aromatic carbocycles. The predicted molar refractivity (Wildman–Crippen MR) is 18.3 cm³/mol. The monoisotopic (exact) mass is 176 g/mol. The molecule has 1 rings (SSSR count). The predicted octanol–water partition coefficient (Wildman–Crippen LogP) is -0.0806. The summed E-state index contributed by atoms with van der Waals surface area (Å²) in [4.78, 5) is 3.86. The summed E-state index contributed by atoms with van der Waals surface area (Å²) in [5.41, 5.74) is 0. The third kappa shape index (κ3) is 0.797. The second-order valence-electron chi connectivity index (χ2n) is 0.957. The Morgan fingerprint density at radius 3 is 2.83 bits per heavy atom. The third-order valence-electron chi connectivity index (χ3n) is 0.530. The van der Waals surface area contributed by atoms with Crippen molar-refractivity contribution in [2.75, 3.05) is 13.2 Å². The van der Waals surface area contributed by atoms with Gasteiger partial charge in [0.25, 0.3) is 0 Å². The van der Waals surface area contributed by atoms with Crippen LogP contribution in [-0.4, -0.2) is 17.5 Å². The molecular weight excluding hydrogens is 172 g/mol. The van der Waals surface area contributed by atoms with Crippen molar-refractivity contribution in [2.45, 2.75) is 0 Å². The Morgan fingerprint density at radius 1 is 1.83 bits per heavy atom. The second kappa shape index (κ2) is 1.72. The van der Waals surface area contributed by atoms with Gasteiger partial charge in [-0.15, -0.1) is 0 Å². The quantitative estimate of drug-likeness (QED) is 0.473. The average Bonchev–Trinajstić information content (AvgIpc) is 1.86. The van der Waals surface area contributed by atoms with Crippen molar-refractivity contribution in [3.05, 3.63) is 0 Å². The fourth-order valence-electron chi connectivity index (χ4n) is 0.296. The van der Waals surface area contributed by atoms with E-state index in [-0.39, 0.29) is 0 Å². The maximum atomic E-state index is 4.84. The molecule has 0 aromatic rings. The van der Waals surface area contributed by atoms with Crippen LogP contribution < -0.4 is 0 Å². The standard InChI is InChI=1S/C3H4NO.Pd/c1-2-5-3-4-1;/h1-2H2;. The van der Waals surface area contributed by atoms with Crippen LogP contribution in [0.15, 0.2) is 4.99 Å². The van der Waals surface area contributed by atoms with Crippen LogP contribution in [0.25, 0.3) is 0 Å². The molecular formula is C3H4NOPd. The summed E-state index contributed by atoms with van der Waals surface area (Å²) in [5.74, 6) is 0. The molecule has 0 amide bonds. The van der Waals surface area contributed by atoms with Crippen LogP contribution in [0.2, 0.25) is 0 Å². The van der Waals surface area contributed by atoms with E-state index in [1.165, 1.54) is 0 Å². The van der Waals surface area contributed by atoms with Crippen molar-refractivity contribution < 1.29 is 23.9 Å². The van der Waals surface area contributed by atoms with Crippen molar-refractivity contribution in [3.8, 4) is 0 Å². The van der Waals surface area contributed by atoms with Crippen LogP contribution in [0.1, 0.15) is 0 Å². The topological polar surface area (TPSA) is 21.6 Å². The Balaban J connectivity index is 2.45. The van der Waals surface area contributed by atoms with Gasteiger partial charge in [-0.2, -0.15) is 0 Å². The first-order valence-corrected chi connectivity index (χ1v) is 2.47. The molecule has 1 aliphatic rings. The summed E-state index contributed by atoms with van der Waals surface area (Å²) < 4.78 is 5.51. The number of hydrogen-bond donors (Lipinski definition) is 0. The molecule has 0 saturated heterocycles. The van der Waals surface area contributed by atoms with Gasteiger partial charge in [-0.1, -0.05) is 0 Å². The Kier molecular flexibility index (Phi) is 1.23. The number of nitrogens with zero attached hydrogens (tertiary/aromatic N) is 1. The summed E-state index contributed by atoms with van der Waals surface area (Å²) in [6.45, 7) is 1.56. The summed E-state index contributed by atoms with van der Waals surface area (Å²) >= 11 is 2.83. The van der Waals surface area contributed by atoms with Gasteiger partial charge in [-0.25, -0.2) is 0 Å². The first kappa shape index (κ1) is 4.30. The van der Waals surface area contributed by atoms with Crippen LogP contribution in [0.5, 0.6) is 0 Å². The summed E-state index contributed by atoms with van der Waals surface area (Å²) in [6, 6.07) is 0. The van der Waals surface area contributed by atoms with E-state index in [1.54, 1.807) is 0 Å². The summed E-state index contributed by atoms with van der Waals surface area (Å²) in [7, 11) is 0. The number of aliphatic imine (C=N–C) groups is 1. The Morgan fingerprint density at radius 2 is 2.67 bits per heavy atom. The molecule has 6 heavy (non-hydrogen) atoms. The number of rotatable bonds is 0. The molecule has 1 aliphatic heterocycles. The van der Waals surface area contributed by atoms with E-state index in [4.69, 9.17) is 4.74 Å². The zero-order chi connectivity index (χ0) is 4.41. The van der Waals surface area contributed by atoms with Gasteiger partial charge in [-0.3, -0.25) is 0 Å². The second-order valence-corrected chi connectivity index (χ2v) is 1.62. The van der Waals surface area contributed by atoms with Gasteiger partial charge in [0.2, 0.25) is 0 Å². The Labute approximate surface area is 47.0 Å². The molecule has 0 atom stereocenters. The zero-order valence-electron chi connectivity index (χ0n) is 3.09. The fourth-order valence-corrected chi connectivity index (χ4v) is 0.628. The zero-order valence-corrected chi connectivity index (χ0v) is 4.64. The molecule has 0 fully saturated rings. The molecule has 0 spiro atoms. The van der Waals surface area contributed by atoms with Crippen molar-refractivity contribution in [3.63, 3.8) is 0 Å². The van der Waals surface area contributed by atoms with Crippen LogP contribution in [0.4, 0.5) is 0 Å².